The van der Waals surface area contributed by atoms with Crippen molar-refractivity contribution in [2.75, 3.05) is 0 Å². The average Bonchev–Trinajstić information content (AvgIpc) is 2.02. The predicted octanol–water partition coefficient (Wildman–Crippen LogP) is 2.30. The van der Waals surface area contributed by atoms with Gasteiger partial charge in [-0.1, -0.05) is 0 Å². The van der Waals surface area contributed by atoms with Gasteiger partial charge in [-0.25, -0.2) is 9.78 Å². The Morgan fingerprint density at radius 2 is 1.08 bits per heavy atom. The van der Waals surface area contributed by atoms with Gasteiger partial charge in [0.1, 0.15) is 0 Å². The van der Waals surface area contributed by atoms with Crippen molar-refractivity contribution in [3.05, 3.63) is 0 Å². The van der Waals surface area contributed by atoms with Crippen LogP contribution in [0.4, 0.5) is 0 Å². The molecule has 0 heterocycles. The molecular weight excluding hydrogens is 160 g/mol. The fourth-order valence-corrected chi connectivity index (χ4v) is 0.693. The van der Waals surface area contributed by atoms with Crippen molar-refractivity contribution in [1.82, 2.24) is 0 Å². The minimum Gasteiger partial charge on any atom is -0.251 e. The molecule has 0 aromatic heterocycles. The summed E-state index contributed by atoms with van der Waals surface area (Å²) < 4.78 is 0. The molecule has 0 amide bonds. The minimum atomic E-state index is -0.587. The van der Waals surface area contributed by atoms with Crippen LogP contribution in [-0.4, -0.2) is 21.7 Å². The van der Waals surface area contributed by atoms with E-state index < -0.39 is 11.2 Å². The van der Waals surface area contributed by atoms with E-state index >= 15 is 0 Å². The molecule has 0 spiro atoms. The summed E-state index contributed by atoms with van der Waals surface area (Å²) >= 11 is 0. The van der Waals surface area contributed by atoms with E-state index in [9.17, 15) is 0 Å². The molecule has 0 unspecified atom stereocenters. The first-order chi connectivity index (χ1) is 5.33. The third-order valence-corrected chi connectivity index (χ3v) is 1.82. The summed E-state index contributed by atoms with van der Waals surface area (Å²) in [5, 5.41) is 16.9. The minimum absolute atomic E-state index is 0.587. The lowest BCUT2D eigenvalue weighted by atomic mass is 9.94. The average molecular weight is 178 g/mol. The molecule has 4 heteroatoms. The molecule has 0 aromatic carbocycles. The first-order valence-corrected chi connectivity index (χ1v) is 3.98. The lowest BCUT2D eigenvalue weighted by Crippen LogP contribution is -2.30. The molecule has 0 aromatic rings. The topological polar surface area (TPSA) is 58.9 Å². The van der Waals surface area contributed by atoms with Crippen LogP contribution in [0.2, 0.25) is 0 Å². The summed E-state index contributed by atoms with van der Waals surface area (Å²) in [6.07, 6.45) is 1.22. The molecule has 2 N–H and O–H groups in total. The number of rotatable bonds is 5. The first kappa shape index (κ1) is 11.8. The van der Waals surface area contributed by atoms with Gasteiger partial charge >= 0.3 is 0 Å². The Hall–Kier alpha value is -0.160. The molecule has 0 bridgehead atoms. The molecule has 0 saturated heterocycles. The van der Waals surface area contributed by atoms with Gasteiger partial charge in [0.05, 0.1) is 11.2 Å². The summed E-state index contributed by atoms with van der Waals surface area (Å²) in [4.78, 5) is 8.48. The molecule has 74 valence electrons. The van der Waals surface area contributed by atoms with Crippen molar-refractivity contribution < 1.29 is 20.3 Å². The van der Waals surface area contributed by atoms with Crippen molar-refractivity contribution >= 4 is 0 Å². The first-order valence-electron chi connectivity index (χ1n) is 3.98. The van der Waals surface area contributed by atoms with Crippen molar-refractivity contribution in [2.45, 2.75) is 51.7 Å². The second kappa shape index (κ2) is 4.18. The largest absolute Gasteiger partial charge is 0.251 e. The van der Waals surface area contributed by atoms with Crippen LogP contribution in [0.3, 0.4) is 0 Å². The third-order valence-electron chi connectivity index (χ3n) is 1.82. The van der Waals surface area contributed by atoms with Crippen LogP contribution in [0.1, 0.15) is 40.5 Å². The van der Waals surface area contributed by atoms with E-state index in [1.807, 2.05) is 0 Å². The molecule has 0 atom stereocenters. The van der Waals surface area contributed by atoms with Crippen molar-refractivity contribution in [3.63, 3.8) is 0 Å². The Kier molecular flexibility index (Phi) is 4.13. The van der Waals surface area contributed by atoms with E-state index in [4.69, 9.17) is 10.5 Å². The van der Waals surface area contributed by atoms with Crippen molar-refractivity contribution in [1.29, 1.82) is 0 Å². The smallest absolute Gasteiger partial charge is 0.0978 e. The van der Waals surface area contributed by atoms with E-state index in [1.54, 1.807) is 27.7 Å². The SMILES string of the molecule is CC(C)(CCC(C)(C)OO)OO. The van der Waals surface area contributed by atoms with Crippen LogP contribution >= 0.6 is 0 Å². The van der Waals surface area contributed by atoms with Gasteiger partial charge in [-0.2, -0.15) is 0 Å². The van der Waals surface area contributed by atoms with Crippen LogP contribution in [-0.2, 0) is 9.78 Å². The lowest BCUT2D eigenvalue weighted by molar-refractivity contribution is -0.331. The molecule has 0 rings (SSSR count). The maximum Gasteiger partial charge on any atom is 0.0978 e. The quantitative estimate of drug-likeness (QED) is 0.501. The molecular formula is C8H18O4. The fraction of sp³-hybridized carbons (Fsp3) is 1.00. The highest BCUT2D eigenvalue weighted by Crippen LogP contribution is 2.23. The number of hydrogen-bond donors (Lipinski definition) is 2. The Balaban J connectivity index is 3.82. The van der Waals surface area contributed by atoms with Gasteiger partial charge in [-0.05, 0) is 40.5 Å². The summed E-state index contributed by atoms with van der Waals surface area (Å²) in [7, 11) is 0. The van der Waals surface area contributed by atoms with Crippen LogP contribution in [0.5, 0.6) is 0 Å². The summed E-state index contributed by atoms with van der Waals surface area (Å²) in [6, 6.07) is 0. The number of hydrogen-bond acceptors (Lipinski definition) is 4. The molecule has 0 aliphatic heterocycles. The molecule has 0 aliphatic carbocycles. The molecule has 0 aliphatic rings. The van der Waals surface area contributed by atoms with E-state index in [0.29, 0.717) is 12.8 Å². The molecule has 0 fully saturated rings. The van der Waals surface area contributed by atoms with E-state index in [2.05, 4.69) is 9.78 Å². The predicted molar refractivity (Wildman–Crippen MR) is 44.8 cm³/mol. The fourth-order valence-electron chi connectivity index (χ4n) is 0.693. The maximum absolute atomic E-state index is 8.46. The summed E-state index contributed by atoms with van der Waals surface area (Å²) in [5.41, 5.74) is -1.17. The Labute approximate surface area is 73.0 Å². The molecule has 4 nitrogen and oxygen atoms in total. The van der Waals surface area contributed by atoms with Crippen LogP contribution < -0.4 is 0 Å². The van der Waals surface area contributed by atoms with Gasteiger partial charge in [-0.3, -0.25) is 10.5 Å². The van der Waals surface area contributed by atoms with Crippen LogP contribution in [0.25, 0.3) is 0 Å². The van der Waals surface area contributed by atoms with Crippen molar-refractivity contribution in [3.8, 4) is 0 Å². The van der Waals surface area contributed by atoms with Gasteiger partial charge in [0.15, 0.2) is 0 Å². The van der Waals surface area contributed by atoms with Crippen LogP contribution in [0.15, 0.2) is 0 Å². The standard InChI is InChI=1S/C8H18O4/c1-7(2,11-9)5-6-8(3,4)12-10/h9-10H,5-6H2,1-4H3. The Morgan fingerprint density at radius 3 is 1.25 bits per heavy atom. The summed E-state index contributed by atoms with van der Waals surface area (Å²) in [5.74, 6) is 0. The third kappa shape index (κ3) is 4.66. The molecule has 12 heavy (non-hydrogen) atoms. The van der Waals surface area contributed by atoms with Gasteiger partial charge < -0.3 is 0 Å². The van der Waals surface area contributed by atoms with E-state index in [-0.39, 0.29) is 0 Å². The Morgan fingerprint density at radius 1 is 0.833 bits per heavy atom. The van der Waals surface area contributed by atoms with Gasteiger partial charge in [-0.15, -0.1) is 0 Å². The second-order valence-electron chi connectivity index (χ2n) is 4.20. The van der Waals surface area contributed by atoms with E-state index in [1.165, 1.54) is 0 Å². The highest BCUT2D eigenvalue weighted by atomic mass is 17.1. The second-order valence-corrected chi connectivity index (χ2v) is 4.20. The van der Waals surface area contributed by atoms with Gasteiger partial charge in [0.2, 0.25) is 0 Å². The zero-order chi connectivity index (χ0) is 9.83. The monoisotopic (exact) mass is 178 g/mol. The summed E-state index contributed by atoms with van der Waals surface area (Å²) in [6.45, 7) is 7.06. The van der Waals surface area contributed by atoms with E-state index in [0.717, 1.165) is 0 Å². The van der Waals surface area contributed by atoms with Crippen LogP contribution in [0, 0.1) is 0 Å². The van der Waals surface area contributed by atoms with Gasteiger partial charge in [0, 0.05) is 0 Å². The van der Waals surface area contributed by atoms with Crippen molar-refractivity contribution in [2.24, 2.45) is 0 Å². The normalized spacial score (nSPS) is 13.5. The highest BCUT2D eigenvalue weighted by Gasteiger charge is 2.25. The molecule has 0 saturated carbocycles. The zero-order valence-electron chi connectivity index (χ0n) is 8.13. The maximum atomic E-state index is 8.46. The molecule has 0 radical (unpaired) electrons. The zero-order valence-corrected chi connectivity index (χ0v) is 8.13. The lowest BCUT2D eigenvalue weighted by Gasteiger charge is -2.26. The Bertz CT molecular complexity index is 115. The highest BCUT2D eigenvalue weighted by molar-refractivity contribution is 4.74. The van der Waals surface area contributed by atoms with Gasteiger partial charge in [0.25, 0.3) is 0 Å².